The summed E-state index contributed by atoms with van der Waals surface area (Å²) in [5, 5.41) is 3.53. The van der Waals surface area contributed by atoms with Crippen molar-refractivity contribution in [2.45, 2.75) is 58.8 Å². The van der Waals surface area contributed by atoms with Crippen LogP contribution in [-0.2, 0) is 4.79 Å². The molecule has 2 saturated heterocycles. The van der Waals surface area contributed by atoms with Crippen molar-refractivity contribution in [2.75, 3.05) is 20.1 Å². The molecule has 0 aromatic rings. The highest BCUT2D eigenvalue weighted by atomic mass is 16.2. The van der Waals surface area contributed by atoms with Gasteiger partial charge >= 0.3 is 0 Å². The van der Waals surface area contributed by atoms with E-state index in [4.69, 9.17) is 0 Å². The van der Waals surface area contributed by atoms with Crippen molar-refractivity contribution in [2.24, 2.45) is 11.8 Å². The van der Waals surface area contributed by atoms with Gasteiger partial charge in [0.15, 0.2) is 0 Å². The molecule has 0 aromatic carbocycles. The van der Waals surface area contributed by atoms with Gasteiger partial charge in [0.2, 0.25) is 5.91 Å². The molecule has 0 bridgehead atoms. The number of amides is 1. The van der Waals surface area contributed by atoms with E-state index in [0.29, 0.717) is 23.8 Å². The molecule has 1 N–H and O–H groups in total. The first-order valence-electron chi connectivity index (χ1n) is 7.72. The number of carbonyl (C=O) groups is 1. The van der Waals surface area contributed by atoms with Crippen molar-refractivity contribution in [3.05, 3.63) is 0 Å². The van der Waals surface area contributed by atoms with Crippen LogP contribution in [0.1, 0.15) is 40.5 Å². The summed E-state index contributed by atoms with van der Waals surface area (Å²) >= 11 is 0. The van der Waals surface area contributed by atoms with Crippen molar-refractivity contribution in [1.29, 1.82) is 0 Å². The van der Waals surface area contributed by atoms with Gasteiger partial charge in [-0.1, -0.05) is 27.7 Å². The summed E-state index contributed by atoms with van der Waals surface area (Å²) in [7, 11) is 2.17. The number of piperidine rings is 1. The Hall–Kier alpha value is -0.610. The highest BCUT2D eigenvalue weighted by Crippen LogP contribution is 2.29. The van der Waals surface area contributed by atoms with Gasteiger partial charge in [0.25, 0.3) is 0 Å². The van der Waals surface area contributed by atoms with Gasteiger partial charge in [0.05, 0.1) is 12.2 Å². The van der Waals surface area contributed by atoms with Crippen LogP contribution < -0.4 is 5.32 Å². The lowest BCUT2D eigenvalue weighted by atomic mass is 9.91. The Balaban J connectivity index is 2.17. The van der Waals surface area contributed by atoms with Gasteiger partial charge in [-0.2, -0.15) is 0 Å². The summed E-state index contributed by atoms with van der Waals surface area (Å²) in [4.78, 5) is 17.2. The molecule has 110 valence electrons. The lowest BCUT2D eigenvalue weighted by Crippen LogP contribution is -2.54. The maximum atomic E-state index is 12.6. The zero-order chi connectivity index (χ0) is 14.2. The molecule has 2 heterocycles. The molecule has 4 atom stereocenters. The minimum atomic E-state index is 0.0271. The Bertz CT molecular complexity index is 331. The molecule has 4 heteroatoms. The van der Waals surface area contributed by atoms with Gasteiger partial charge < -0.3 is 9.80 Å². The minimum absolute atomic E-state index is 0.0271. The summed E-state index contributed by atoms with van der Waals surface area (Å²) in [5.41, 5.74) is 0. The topological polar surface area (TPSA) is 35.6 Å². The van der Waals surface area contributed by atoms with Crippen LogP contribution in [0.25, 0.3) is 0 Å². The van der Waals surface area contributed by atoms with Crippen LogP contribution in [0.5, 0.6) is 0 Å². The molecule has 2 aliphatic heterocycles. The van der Waals surface area contributed by atoms with Crippen molar-refractivity contribution in [3.8, 4) is 0 Å². The average molecular weight is 267 g/mol. The minimum Gasteiger partial charge on any atom is -0.322 e. The van der Waals surface area contributed by atoms with E-state index in [1.54, 1.807) is 0 Å². The normalized spacial score (nSPS) is 37.4. The van der Waals surface area contributed by atoms with Gasteiger partial charge in [-0.3, -0.25) is 10.1 Å². The van der Waals surface area contributed by atoms with Crippen molar-refractivity contribution < 1.29 is 4.79 Å². The zero-order valence-electron chi connectivity index (χ0n) is 13.0. The van der Waals surface area contributed by atoms with Crippen LogP contribution in [-0.4, -0.2) is 54.1 Å². The van der Waals surface area contributed by atoms with E-state index in [1.165, 1.54) is 0 Å². The Morgan fingerprint density at radius 3 is 2.63 bits per heavy atom. The fourth-order valence-corrected chi connectivity index (χ4v) is 3.61. The van der Waals surface area contributed by atoms with Gasteiger partial charge in [0, 0.05) is 12.6 Å². The molecule has 4 unspecified atom stereocenters. The van der Waals surface area contributed by atoms with Gasteiger partial charge in [-0.05, 0) is 38.3 Å². The van der Waals surface area contributed by atoms with Crippen molar-refractivity contribution >= 4 is 5.91 Å². The molecule has 0 saturated carbocycles. The molecule has 2 fully saturated rings. The number of nitrogens with zero attached hydrogens (tertiary/aromatic N) is 2. The molecule has 19 heavy (non-hydrogen) atoms. The molecular formula is C15H29N3O. The predicted molar refractivity (Wildman–Crippen MR) is 77.8 cm³/mol. The van der Waals surface area contributed by atoms with E-state index in [0.717, 1.165) is 25.9 Å². The Labute approximate surface area is 117 Å². The quantitative estimate of drug-likeness (QED) is 0.842. The molecule has 0 radical (unpaired) electrons. The second-order valence-corrected chi connectivity index (χ2v) is 6.66. The Morgan fingerprint density at radius 1 is 1.42 bits per heavy atom. The highest BCUT2D eigenvalue weighted by Gasteiger charge is 2.45. The lowest BCUT2D eigenvalue weighted by Gasteiger charge is -2.43. The van der Waals surface area contributed by atoms with Crippen LogP contribution in [0.15, 0.2) is 0 Å². The molecule has 4 nitrogen and oxygen atoms in total. The maximum Gasteiger partial charge on any atom is 0.241 e. The first-order chi connectivity index (χ1) is 8.95. The van der Waals surface area contributed by atoms with E-state index in [9.17, 15) is 4.79 Å². The number of nitrogens with one attached hydrogen (secondary N) is 1. The van der Waals surface area contributed by atoms with Crippen LogP contribution in [0.2, 0.25) is 0 Å². The number of rotatable bonds is 3. The molecular weight excluding hydrogens is 238 g/mol. The zero-order valence-corrected chi connectivity index (χ0v) is 13.0. The number of likely N-dealkylation sites (tertiary alicyclic amines) is 1. The molecule has 0 spiro atoms. The third-order valence-corrected chi connectivity index (χ3v) is 4.68. The molecule has 2 rings (SSSR count). The smallest absolute Gasteiger partial charge is 0.241 e. The van der Waals surface area contributed by atoms with Crippen molar-refractivity contribution in [1.82, 2.24) is 15.1 Å². The third-order valence-electron chi connectivity index (χ3n) is 4.68. The second-order valence-electron chi connectivity index (χ2n) is 6.66. The predicted octanol–water partition coefficient (Wildman–Crippen LogP) is 1.52. The Morgan fingerprint density at radius 2 is 2.11 bits per heavy atom. The van der Waals surface area contributed by atoms with Crippen LogP contribution in [0.4, 0.5) is 0 Å². The van der Waals surface area contributed by atoms with E-state index >= 15 is 0 Å². The maximum absolute atomic E-state index is 12.6. The van der Waals surface area contributed by atoms with E-state index in [1.807, 2.05) is 0 Å². The molecule has 0 aliphatic carbocycles. The van der Waals surface area contributed by atoms with E-state index in [-0.39, 0.29) is 12.2 Å². The average Bonchev–Trinajstić information content (AvgIpc) is 2.67. The summed E-state index contributed by atoms with van der Waals surface area (Å²) in [6, 6.07) is 0.430. The summed E-state index contributed by atoms with van der Waals surface area (Å²) in [6.45, 7) is 11.0. The van der Waals surface area contributed by atoms with Crippen molar-refractivity contribution in [3.63, 3.8) is 0 Å². The Kier molecular flexibility index (Phi) is 4.51. The summed E-state index contributed by atoms with van der Waals surface area (Å²) < 4.78 is 0. The van der Waals surface area contributed by atoms with E-state index < -0.39 is 0 Å². The van der Waals surface area contributed by atoms with Crippen LogP contribution in [0, 0.1) is 11.8 Å². The summed E-state index contributed by atoms with van der Waals surface area (Å²) in [6.07, 6.45) is 2.21. The second kappa shape index (κ2) is 5.80. The van der Waals surface area contributed by atoms with Gasteiger partial charge in [-0.15, -0.1) is 0 Å². The van der Waals surface area contributed by atoms with Gasteiger partial charge in [-0.25, -0.2) is 0 Å². The highest BCUT2D eigenvalue weighted by molar-refractivity contribution is 5.84. The number of hydrogen-bond donors (Lipinski definition) is 1. The lowest BCUT2D eigenvalue weighted by molar-refractivity contribution is -0.135. The largest absolute Gasteiger partial charge is 0.322 e. The standard InChI is InChI=1S/C15H29N3O/c1-6-12-15(19)18(14(16-12)10(2)3)13-7-8-17(5)9-11(13)4/h10-14,16H,6-9H2,1-5H3. The molecule has 2 aliphatic rings. The van der Waals surface area contributed by atoms with Crippen LogP contribution >= 0.6 is 0 Å². The first-order valence-corrected chi connectivity index (χ1v) is 7.72. The third kappa shape index (κ3) is 2.79. The molecule has 0 aromatic heterocycles. The number of hydrogen-bond acceptors (Lipinski definition) is 3. The molecule has 1 amide bonds. The SMILES string of the molecule is CCC1NC(C(C)C)N(C2CCN(C)CC2C)C1=O. The summed E-state index contributed by atoms with van der Waals surface area (Å²) in [5.74, 6) is 1.34. The van der Waals surface area contributed by atoms with E-state index in [2.05, 4.69) is 49.9 Å². The number of carbonyl (C=O) groups excluding carboxylic acids is 1. The first kappa shape index (κ1) is 14.8. The van der Waals surface area contributed by atoms with Crippen LogP contribution in [0.3, 0.4) is 0 Å². The monoisotopic (exact) mass is 267 g/mol. The fraction of sp³-hybridized carbons (Fsp3) is 0.933. The van der Waals surface area contributed by atoms with Gasteiger partial charge in [0.1, 0.15) is 0 Å². The fourth-order valence-electron chi connectivity index (χ4n) is 3.61.